The molecule has 3 aromatic rings. The summed E-state index contributed by atoms with van der Waals surface area (Å²) in [5.41, 5.74) is 2.83. The highest BCUT2D eigenvalue weighted by Gasteiger charge is 2.20. The number of methoxy groups -OCH3 is 1. The minimum Gasteiger partial charge on any atom is -0.495 e. The number of amides is 1. The van der Waals surface area contributed by atoms with Gasteiger partial charge in [-0.05, 0) is 31.2 Å². The molecule has 0 spiro atoms. The molecule has 1 aromatic heterocycles. The van der Waals surface area contributed by atoms with Gasteiger partial charge in [0.2, 0.25) is 5.91 Å². The molecule has 134 valence electrons. The number of anilines is 2. The van der Waals surface area contributed by atoms with Crippen molar-refractivity contribution >= 4 is 34.0 Å². The number of nitrogens with one attached hydrogen (secondary N) is 3. The zero-order chi connectivity index (χ0) is 18.7. The van der Waals surface area contributed by atoms with E-state index in [4.69, 9.17) is 4.74 Å². The summed E-state index contributed by atoms with van der Waals surface area (Å²) in [7, 11) is 1.56. The van der Waals surface area contributed by atoms with E-state index in [-0.39, 0.29) is 11.7 Å². The van der Waals surface area contributed by atoms with E-state index in [1.165, 1.54) is 6.92 Å². The minimum absolute atomic E-state index is 0.0329. The molecule has 0 saturated carbocycles. The molecule has 26 heavy (non-hydrogen) atoms. The summed E-state index contributed by atoms with van der Waals surface area (Å²) in [5, 5.41) is 6.81. The molecule has 3 rings (SSSR count). The maximum Gasteiger partial charge on any atom is 0.221 e. The van der Waals surface area contributed by atoms with E-state index in [0.29, 0.717) is 22.7 Å². The van der Waals surface area contributed by atoms with Crippen LogP contribution in [-0.4, -0.2) is 29.8 Å². The average molecular weight is 351 g/mol. The average Bonchev–Trinajstić information content (AvgIpc) is 3.05. The zero-order valence-electron chi connectivity index (χ0n) is 14.9. The Hall–Kier alpha value is -3.28. The molecule has 6 heteroatoms. The fourth-order valence-corrected chi connectivity index (χ4v) is 2.91. The Kier molecular flexibility index (Phi) is 4.93. The van der Waals surface area contributed by atoms with Gasteiger partial charge in [0.15, 0.2) is 5.78 Å². The first kappa shape index (κ1) is 17.5. The Balaban J connectivity index is 1.85. The van der Waals surface area contributed by atoms with Crippen LogP contribution in [0.4, 0.5) is 11.4 Å². The number of aromatic nitrogens is 1. The van der Waals surface area contributed by atoms with Gasteiger partial charge >= 0.3 is 0 Å². The van der Waals surface area contributed by atoms with Gasteiger partial charge < -0.3 is 20.4 Å². The lowest BCUT2D eigenvalue weighted by molar-refractivity contribution is -0.114. The number of Topliss-reactive ketones (excluding diaryl/α,β-unsaturated/α-hetero) is 1. The minimum atomic E-state index is -0.476. The van der Waals surface area contributed by atoms with E-state index in [1.807, 2.05) is 24.3 Å². The number of aromatic amines is 1. The third-order valence-electron chi connectivity index (χ3n) is 4.14. The third-order valence-corrected chi connectivity index (χ3v) is 4.14. The Bertz CT molecular complexity index is 962. The number of hydrogen-bond donors (Lipinski definition) is 3. The molecule has 1 amide bonds. The van der Waals surface area contributed by atoms with E-state index in [2.05, 4.69) is 15.6 Å². The molecular weight excluding hydrogens is 330 g/mol. The molecule has 3 N–H and O–H groups in total. The SMILES string of the molecule is COc1ccc(NC(C)=O)cc1N[C@@H](C)C(=O)c1c[nH]c2ccccc12. The maximum absolute atomic E-state index is 12.9. The summed E-state index contributed by atoms with van der Waals surface area (Å²) >= 11 is 0. The van der Waals surface area contributed by atoms with Gasteiger partial charge in [-0.25, -0.2) is 0 Å². The number of ether oxygens (including phenoxy) is 1. The Labute approximate surface area is 151 Å². The second-order valence-corrected chi connectivity index (χ2v) is 6.07. The van der Waals surface area contributed by atoms with Gasteiger partial charge in [0.05, 0.1) is 18.8 Å². The molecule has 0 saturated heterocycles. The fraction of sp³-hybridized carbons (Fsp3) is 0.200. The summed E-state index contributed by atoms with van der Waals surface area (Å²) in [6.07, 6.45) is 1.73. The number of H-pyrrole nitrogens is 1. The van der Waals surface area contributed by atoms with E-state index in [1.54, 1.807) is 38.4 Å². The smallest absolute Gasteiger partial charge is 0.221 e. The number of ketones is 1. The van der Waals surface area contributed by atoms with Crippen LogP contribution in [0.25, 0.3) is 10.9 Å². The van der Waals surface area contributed by atoms with Crippen LogP contribution in [0.5, 0.6) is 5.75 Å². The van der Waals surface area contributed by atoms with E-state index in [9.17, 15) is 9.59 Å². The van der Waals surface area contributed by atoms with Crippen LogP contribution in [0.1, 0.15) is 24.2 Å². The van der Waals surface area contributed by atoms with E-state index in [0.717, 1.165) is 10.9 Å². The number of rotatable bonds is 6. The van der Waals surface area contributed by atoms with Crippen molar-refractivity contribution in [2.24, 2.45) is 0 Å². The first-order valence-corrected chi connectivity index (χ1v) is 8.32. The van der Waals surface area contributed by atoms with Crippen LogP contribution in [0.3, 0.4) is 0 Å². The van der Waals surface area contributed by atoms with Gasteiger partial charge in [0.1, 0.15) is 5.75 Å². The highest BCUT2D eigenvalue weighted by molar-refractivity contribution is 6.11. The molecule has 0 unspecified atom stereocenters. The lowest BCUT2D eigenvalue weighted by atomic mass is 10.0. The Morgan fingerprint density at radius 1 is 1.15 bits per heavy atom. The van der Waals surface area contributed by atoms with Crippen molar-refractivity contribution in [1.29, 1.82) is 0 Å². The summed E-state index contributed by atoms with van der Waals surface area (Å²) < 4.78 is 5.35. The number of carbonyl (C=O) groups is 2. The lowest BCUT2D eigenvalue weighted by Crippen LogP contribution is -2.26. The molecule has 0 aliphatic rings. The van der Waals surface area contributed by atoms with Crippen LogP contribution < -0.4 is 15.4 Å². The molecule has 0 bridgehead atoms. The fourth-order valence-electron chi connectivity index (χ4n) is 2.91. The van der Waals surface area contributed by atoms with Gasteiger partial charge in [0.25, 0.3) is 0 Å². The topological polar surface area (TPSA) is 83.2 Å². The van der Waals surface area contributed by atoms with Crippen LogP contribution in [0, 0.1) is 0 Å². The summed E-state index contributed by atoms with van der Waals surface area (Å²) in [5.74, 6) is 0.399. The monoisotopic (exact) mass is 351 g/mol. The van der Waals surface area contributed by atoms with E-state index < -0.39 is 6.04 Å². The van der Waals surface area contributed by atoms with Gasteiger partial charge in [-0.3, -0.25) is 9.59 Å². The molecule has 1 heterocycles. The summed E-state index contributed by atoms with van der Waals surface area (Å²) in [4.78, 5) is 27.3. The molecule has 6 nitrogen and oxygen atoms in total. The van der Waals surface area contributed by atoms with Gasteiger partial charge in [-0.15, -0.1) is 0 Å². The summed E-state index contributed by atoms with van der Waals surface area (Å²) in [6, 6.07) is 12.5. The number of carbonyl (C=O) groups excluding carboxylic acids is 2. The highest BCUT2D eigenvalue weighted by atomic mass is 16.5. The standard InChI is InChI=1S/C20H21N3O3/c1-12(20(25)16-11-21-17-7-5-4-6-15(16)17)22-18-10-14(23-13(2)24)8-9-19(18)26-3/h4-12,21-22H,1-3H3,(H,23,24)/t12-/m0/s1. The second kappa shape index (κ2) is 7.31. The van der Waals surface area contributed by atoms with E-state index >= 15 is 0 Å². The van der Waals surface area contributed by atoms with Crippen LogP contribution in [-0.2, 0) is 4.79 Å². The first-order chi connectivity index (χ1) is 12.5. The highest BCUT2D eigenvalue weighted by Crippen LogP contribution is 2.29. The van der Waals surface area contributed by atoms with Crippen LogP contribution in [0.2, 0.25) is 0 Å². The van der Waals surface area contributed by atoms with Crippen molar-refractivity contribution in [3.63, 3.8) is 0 Å². The van der Waals surface area contributed by atoms with Crippen molar-refractivity contribution in [1.82, 2.24) is 4.98 Å². The maximum atomic E-state index is 12.9. The predicted molar refractivity (Wildman–Crippen MR) is 103 cm³/mol. The van der Waals surface area contributed by atoms with Crippen molar-refractivity contribution in [2.75, 3.05) is 17.7 Å². The molecule has 0 aliphatic heterocycles. The largest absolute Gasteiger partial charge is 0.495 e. The normalized spacial score (nSPS) is 11.8. The second-order valence-electron chi connectivity index (χ2n) is 6.07. The Morgan fingerprint density at radius 2 is 1.92 bits per heavy atom. The molecular formula is C20H21N3O3. The summed E-state index contributed by atoms with van der Waals surface area (Å²) in [6.45, 7) is 3.25. The van der Waals surface area contributed by atoms with Crippen LogP contribution >= 0.6 is 0 Å². The van der Waals surface area contributed by atoms with Gasteiger partial charge in [-0.1, -0.05) is 18.2 Å². The molecule has 0 fully saturated rings. The number of fused-ring (bicyclic) bond motifs is 1. The van der Waals surface area contributed by atoms with Crippen molar-refractivity contribution in [3.05, 3.63) is 54.2 Å². The van der Waals surface area contributed by atoms with Crippen molar-refractivity contribution in [3.8, 4) is 5.75 Å². The molecule has 0 radical (unpaired) electrons. The first-order valence-electron chi connectivity index (χ1n) is 8.32. The molecule has 2 aromatic carbocycles. The van der Waals surface area contributed by atoms with Gasteiger partial charge in [0, 0.05) is 35.3 Å². The lowest BCUT2D eigenvalue weighted by Gasteiger charge is -2.17. The quantitative estimate of drug-likeness (QED) is 0.590. The van der Waals surface area contributed by atoms with Gasteiger partial charge in [-0.2, -0.15) is 0 Å². The number of para-hydroxylation sites is 1. The van der Waals surface area contributed by atoms with Crippen molar-refractivity contribution < 1.29 is 14.3 Å². The molecule has 0 aliphatic carbocycles. The number of benzene rings is 2. The predicted octanol–water partition coefficient (Wildman–Crippen LogP) is 3.82. The molecule has 1 atom stereocenters. The van der Waals surface area contributed by atoms with Crippen LogP contribution in [0.15, 0.2) is 48.7 Å². The zero-order valence-corrected chi connectivity index (χ0v) is 14.9. The Morgan fingerprint density at radius 3 is 2.65 bits per heavy atom. The number of hydrogen-bond acceptors (Lipinski definition) is 4. The third kappa shape index (κ3) is 3.54. The van der Waals surface area contributed by atoms with Crippen molar-refractivity contribution in [2.45, 2.75) is 19.9 Å².